The number of carbonyl (C=O) groups is 3. The number of benzene rings is 1. The number of hydrazone groups is 1. The predicted molar refractivity (Wildman–Crippen MR) is 78.4 cm³/mol. The highest BCUT2D eigenvalue weighted by Gasteiger charge is 2.19. The molecule has 0 atom stereocenters. The average Bonchev–Trinajstić information content (AvgIpc) is 2.53. The highest BCUT2D eigenvalue weighted by Crippen LogP contribution is 2.22. The standard InChI is InChI=1S/C13H13ClN4O4/c1-22-10-4-2-7(14)6-8(10)12(20)17-18-13(21)9-3-5-11(19)16-15-9/h2,4,6H,3,5H2,1H3,(H,16,19)(H,17,20)(H,18,21). The molecule has 1 aliphatic rings. The van der Waals surface area contributed by atoms with Gasteiger partial charge in [-0.05, 0) is 18.2 Å². The lowest BCUT2D eigenvalue weighted by atomic mass is 10.2. The number of nitrogens with one attached hydrogen (secondary N) is 3. The number of methoxy groups -OCH3 is 1. The van der Waals surface area contributed by atoms with Gasteiger partial charge in [0.25, 0.3) is 11.8 Å². The van der Waals surface area contributed by atoms with Crippen LogP contribution in [0.2, 0.25) is 5.02 Å². The number of hydrogen-bond donors (Lipinski definition) is 3. The Kier molecular flexibility index (Phi) is 4.95. The fraction of sp³-hybridized carbons (Fsp3) is 0.231. The second kappa shape index (κ2) is 6.90. The Labute approximate surface area is 130 Å². The third-order valence-corrected chi connectivity index (χ3v) is 3.10. The molecule has 9 heteroatoms. The normalized spacial score (nSPS) is 13.7. The number of amides is 3. The number of halogens is 1. The molecule has 1 aromatic rings. The summed E-state index contributed by atoms with van der Waals surface area (Å²) in [6, 6.07) is 4.54. The van der Waals surface area contributed by atoms with Crippen LogP contribution in [0.3, 0.4) is 0 Å². The molecule has 0 spiro atoms. The minimum Gasteiger partial charge on any atom is -0.496 e. The first-order valence-corrected chi connectivity index (χ1v) is 6.68. The maximum Gasteiger partial charge on any atom is 0.285 e. The summed E-state index contributed by atoms with van der Waals surface area (Å²) in [6.07, 6.45) is 0.371. The van der Waals surface area contributed by atoms with Crippen LogP contribution in [0.5, 0.6) is 5.75 Å². The summed E-state index contributed by atoms with van der Waals surface area (Å²) in [5, 5.41) is 3.97. The smallest absolute Gasteiger partial charge is 0.285 e. The number of nitrogens with zero attached hydrogens (tertiary/aromatic N) is 1. The Balaban J connectivity index is 2.00. The first-order chi connectivity index (χ1) is 10.5. The van der Waals surface area contributed by atoms with Crippen LogP contribution in [-0.2, 0) is 9.59 Å². The average molecular weight is 325 g/mol. The van der Waals surface area contributed by atoms with E-state index in [4.69, 9.17) is 16.3 Å². The van der Waals surface area contributed by atoms with Crippen LogP contribution in [0.25, 0.3) is 0 Å². The lowest BCUT2D eigenvalue weighted by molar-refractivity contribution is -0.121. The molecular weight excluding hydrogens is 312 g/mol. The highest BCUT2D eigenvalue weighted by atomic mass is 35.5. The van der Waals surface area contributed by atoms with Gasteiger partial charge in [0.1, 0.15) is 11.5 Å². The van der Waals surface area contributed by atoms with Crippen molar-refractivity contribution >= 4 is 35.0 Å². The number of ether oxygens (including phenoxy) is 1. The second-order valence-electron chi connectivity index (χ2n) is 4.35. The lowest BCUT2D eigenvalue weighted by Crippen LogP contribution is -2.46. The van der Waals surface area contributed by atoms with E-state index in [1.807, 2.05) is 0 Å². The van der Waals surface area contributed by atoms with Crippen LogP contribution in [0.4, 0.5) is 0 Å². The zero-order chi connectivity index (χ0) is 16.1. The molecular formula is C13H13ClN4O4. The molecule has 1 aliphatic heterocycles. The SMILES string of the molecule is COc1ccc(Cl)cc1C(=O)NNC(=O)C1=NNC(=O)CC1. The zero-order valence-electron chi connectivity index (χ0n) is 11.6. The summed E-state index contributed by atoms with van der Waals surface area (Å²) in [5.74, 6) is -1.13. The zero-order valence-corrected chi connectivity index (χ0v) is 12.4. The number of hydrazine groups is 1. The van der Waals surface area contributed by atoms with E-state index in [1.165, 1.54) is 13.2 Å². The Morgan fingerprint density at radius 3 is 2.64 bits per heavy atom. The van der Waals surface area contributed by atoms with Gasteiger partial charge in [0, 0.05) is 17.9 Å². The van der Waals surface area contributed by atoms with Crippen molar-refractivity contribution in [3.8, 4) is 5.75 Å². The monoisotopic (exact) mass is 324 g/mol. The first-order valence-electron chi connectivity index (χ1n) is 6.31. The van der Waals surface area contributed by atoms with Gasteiger partial charge in [-0.15, -0.1) is 0 Å². The van der Waals surface area contributed by atoms with Crippen LogP contribution < -0.4 is 21.0 Å². The maximum absolute atomic E-state index is 12.0. The van der Waals surface area contributed by atoms with Crippen molar-refractivity contribution in [3.05, 3.63) is 28.8 Å². The summed E-state index contributed by atoms with van der Waals surface area (Å²) in [5.41, 5.74) is 6.95. The molecule has 116 valence electrons. The molecule has 3 N–H and O–H groups in total. The Bertz CT molecular complexity index is 659. The summed E-state index contributed by atoms with van der Waals surface area (Å²) in [4.78, 5) is 34.8. The van der Waals surface area contributed by atoms with Crippen LogP contribution in [-0.4, -0.2) is 30.5 Å². The molecule has 0 aromatic heterocycles. The largest absolute Gasteiger partial charge is 0.496 e. The second-order valence-corrected chi connectivity index (χ2v) is 4.78. The summed E-state index contributed by atoms with van der Waals surface area (Å²) < 4.78 is 5.05. The van der Waals surface area contributed by atoms with Gasteiger partial charge in [0.05, 0.1) is 12.7 Å². The van der Waals surface area contributed by atoms with Gasteiger partial charge in [0.2, 0.25) is 5.91 Å². The van der Waals surface area contributed by atoms with E-state index in [-0.39, 0.29) is 30.0 Å². The van der Waals surface area contributed by atoms with Gasteiger partial charge in [-0.1, -0.05) is 11.6 Å². The van der Waals surface area contributed by atoms with Crippen LogP contribution >= 0.6 is 11.6 Å². The molecule has 3 amide bonds. The fourth-order valence-electron chi connectivity index (χ4n) is 1.75. The topological polar surface area (TPSA) is 109 Å². The molecule has 22 heavy (non-hydrogen) atoms. The van der Waals surface area contributed by atoms with Gasteiger partial charge in [-0.25, -0.2) is 5.43 Å². The van der Waals surface area contributed by atoms with E-state index in [1.54, 1.807) is 12.1 Å². The van der Waals surface area contributed by atoms with E-state index in [0.717, 1.165) is 0 Å². The van der Waals surface area contributed by atoms with E-state index >= 15 is 0 Å². The molecule has 0 saturated carbocycles. The number of hydrogen-bond acceptors (Lipinski definition) is 5. The molecule has 0 radical (unpaired) electrons. The minimum atomic E-state index is -0.602. The Morgan fingerprint density at radius 2 is 2.00 bits per heavy atom. The minimum absolute atomic E-state index is 0.123. The van der Waals surface area contributed by atoms with Crippen LogP contribution in [0, 0.1) is 0 Å². The van der Waals surface area contributed by atoms with E-state index in [0.29, 0.717) is 10.8 Å². The van der Waals surface area contributed by atoms with E-state index in [2.05, 4.69) is 21.4 Å². The molecule has 0 fully saturated rings. The fourth-order valence-corrected chi connectivity index (χ4v) is 1.92. The molecule has 8 nitrogen and oxygen atoms in total. The molecule has 0 bridgehead atoms. The predicted octanol–water partition coefficient (Wildman–Crippen LogP) is 0.376. The lowest BCUT2D eigenvalue weighted by Gasteiger charge is -2.13. The van der Waals surface area contributed by atoms with Gasteiger partial charge in [0.15, 0.2) is 0 Å². The third kappa shape index (κ3) is 3.73. The van der Waals surface area contributed by atoms with Crippen molar-refractivity contribution in [1.82, 2.24) is 16.3 Å². The molecule has 0 aliphatic carbocycles. The van der Waals surface area contributed by atoms with E-state index in [9.17, 15) is 14.4 Å². The molecule has 0 saturated heterocycles. The summed E-state index contributed by atoms with van der Waals surface area (Å²) in [6.45, 7) is 0. The molecule has 1 aromatic carbocycles. The number of carbonyl (C=O) groups excluding carboxylic acids is 3. The molecule has 0 unspecified atom stereocenters. The van der Waals surface area contributed by atoms with Crippen molar-refractivity contribution in [1.29, 1.82) is 0 Å². The van der Waals surface area contributed by atoms with Gasteiger partial charge < -0.3 is 4.74 Å². The van der Waals surface area contributed by atoms with Crippen molar-refractivity contribution in [3.63, 3.8) is 0 Å². The Morgan fingerprint density at radius 1 is 1.27 bits per heavy atom. The van der Waals surface area contributed by atoms with Gasteiger partial charge in [-0.3, -0.25) is 25.2 Å². The first kappa shape index (κ1) is 15.8. The van der Waals surface area contributed by atoms with Crippen molar-refractivity contribution < 1.29 is 19.1 Å². The number of rotatable bonds is 3. The van der Waals surface area contributed by atoms with Gasteiger partial charge >= 0.3 is 0 Å². The van der Waals surface area contributed by atoms with Gasteiger partial charge in [-0.2, -0.15) is 5.10 Å². The summed E-state index contributed by atoms with van der Waals surface area (Å²) in [7, 11) is 1.41. The van der Waals surface area contributed by atoms with Crippen molar-refractivity contribution in [2.75, 3.05) is 7.11 Å². The highest BCUT2D eigenvalue weighted by molar-refractivity contribution is 6.39. The van der Waals surface area contributed by atoms with Crippen LogP contribution in [0.15, 0.2) is 23.3 Å². The quantitative estimate of drug-likeness (QED) is 0.698. The van der Waals surface area contributed by atoms with Crippen molar-refractivity contribution in [2.24, 2.45) is 5.10 Å². The van der Waals surface area contributed by atoms with Crippen molar-refractivity contribution in [2.45, 2.75) is 12.8 Å². The molecule has 1 heterocycles. The molecule has 2 rings (SSSR count). The Hall–Kier alpha value is -2.61. The third-order valence-electron chi connectivity index (χ3n) is 2.86. The van der Waals surface area contributed by atoms with E-state index < -0.39 is 11.8 Å². The van der Waals surface area contributed by atoms with Crippen LogP contribution in [0.1, 0.15) is 23.2 Å². The summed E-state index contributed by atoms with van der Waals surface area (Å²) >= 11 is 5.83. The maximum atomic E-state index is 12.0.